The second-order valence-corrected chi connectivity index (χ2v) is 6.58. The lowest BCUT2D eigenvalue weighted by atomic mass is 9.82. The number of rotatable bonds is 3. The molecule has 1 aromatic heterocycles. The highest BCUT2D eigenvalue weighted by Crippen LogP contribution is 2.19. The normalized spacial score (nSPS) is 16.0. The van der Waals surface area contributed by atoms with Crippen LogP contribution in [0.3, 0.4) is 0 Å². The third kappa shape index (κ3) is 4.19. The van der Waals surface area contributed by atoms with Gasteiger partial charge in [-0.15, -0.1) is 0 Å². The topological polar surface area (TPSA) is 58.4 Å². The van der Waals surface area contributed by atoms with Crippen LogP contribution in [0.15, 0.2) is 48.5 Å². The van der Waals surface area contributed by atoms with Crippen LogP contribution >= 0.6 is 0 Å². The molecular formula is C19H22BN3O2. The summed E-state index contributed by atoms with van der Waals surface area (Å²) in [6.07, 6.45) is 0. The summed E-state index contributed by atoms with van der Waals surface area (Å²) in [6.45, 7) is 6.41. The second-order valence-electron chi connectivity index (χ2n) is 6.58. The van der Waals surface area contributed by atoms with Crippen molar-refractivity contribution >= 4 is 18.4 Å². The number of aromatic nitrogens is 1. The molecule has 2 aromatic rings. The van der Waals surface area contributed by atoms with Crippen LogP contribution in [-0.2, 0) is 14.7 Å². The van der Waals surface area contributed by atoms with Gasteiger partial charge in [-0.2, -0.15) is 5.26 Å². The van der Waals surface area contributed by atoms with E-state index in [9.17, 15) is 5.26 Å². The van der Waals surface area contributed by atoms with Gasteiger partial charge in [-0.25, -0.2) is 0 Å². The van der Waals surface area contributed by atoms with Crippen LogP contribution in [0.25, 0.3) is 0 Å². The first-order valence-electron chi connectivity index (χ1n) is 8.52. The summed E-state index contributed by atoms with van der Waals surface area (Å²) in [4.78, 5) is 6.85. The van der Waals surface area contributed by atoms with Crippen LogP contribution in [0.4, 0.5) is 5.69 Å². The zero-order valence-electron chi connectivity index (χ0n) is 14.7. The molecule has 128 valence electrons. The molecule has 1 saturated heterocycles. The third-order valence-electron chi connectivity index (χ3n) is 4.31. The largest absolute Gasteiger partial charge is 0.513 e. The summed E-state index contributed by atoms with van der Waals surface area (Å²) in [5.74, 6) is 0. The molecule has 1 aliphatic rings. The number of nitrogens with zero attached hydrogens (tertiary/aromatic N) is 3. The van der Waals surface area contributed by atoms with Gasteiger partial charge in [0.05, 0.1) is 22.8 Å². The summed E-state index contributed by atoms with van der Waals surface area (Å²) < 4.78 is 11.8. The van der Waals surface area contributed by atoms with E-state index in [1.54, 1.807) is 0 Å². The Hall–Kier alpha value is -2.36. The SMILES string of the molecule is CC(C)(C#N)c1cccc(B2OCCN(c3ccccc3)CCO2)n1. The van der Waals surface area contributed by atoms with Gasteiger partial charge in [0.1, 0.15) is 0 Å². The van der Waals surface area contributed by atoms with Crippen molar-refractivity contribution in [2.45, 2.75) is 19.3 Å². The van der Waals surface area contributed by atoms with Gasteiger partial charge in [0.25, 0.3) is 0 Å². The van der Waals surface area contributed by atoms with Gasteiger partial charge in [-0.1, -0.05) is 24.3 Å². The molecule has 2 heterocycles. The number of hydrogen-bond donors (Lipinski definition) is 0. The Morgan fingerprint density at radius 3 is 2.36 bits per heavy atom. The molecule has 0 unspecified atom stereocenters. The maximum absolute atomic E-state index is 9.31. The lowest BCUT2D eigenvalue weighted by molar-refractivity contribution is 0.197. The highest BCUT2D eigenvalue weighted by Gasteiger charge is 2.28. The summed E-state index contributed by atoms with van der Waals surface area (Å²) in [5, 5.41) is 9.31. The number of benzene rings is 1. The number of hydrogen-bond acceptors (Lipinski definition) is 5. The Bertz CT molecular complexity index is 736. The van der Waals surface area contributed by atoms with Crippen LogP contribution in [0, 0.1) is 11.3 Å². The van der Waals surface area contributed by atoms with Crippen molar-refractivity contribution in [1.82, 2.24) is 4.98 Å². The highest BCUT2D eigenvalue weighted by molar-refractivity contribution is 6.60. The van der Waals surface area contributed by atoms with Crippen LogP contribution in [-0.4, -0.2) is 38.4 Å². The predicted octanol–water partition coefficient (Wildman–Crippen LogP) is 2.13. The molecule has 0 aliphatic carbocycles. The minimum atomic E-state index is -0.637. The van der Waals surface area contributed by atoms with Crippen LogP contribution in [0.2, 0.25) is 0 Å². The fraction of sp³-hybridized carbons (Fsp3) is 0.368. The molecule has 0 bridgehead atoms. The van der Waals surface area contributed by atoms with Gasteiger partial charge >= 0.3 is 7.12 Å². The Kier molecular flexibility index (Phi) is 5.37. The molecule has 3 rings (SSSR count). The minimum absolute atomic E-state index is 0.493. The number of anilines is 1. The second kappa shape index (κ2) is 7.69. The molecule has 1 aromatic carbocycles. The molecule has 25 heavy (non-hydrogen) atoms. The molecule has 1 aliphatic heterocycles. The average Bonchev–Trinajstić information content (AvgIpc) is 2.62. The fourth-order valence-corrected chi connectivity index (χ4v) is 2.76. The van der Waals surface area contributed by atoms with Crippen molar-refractivity contribution in [3.8, 4) is 6.07 Å². The maximum atomic E-state index is 9.31. The van der Waals surface area contributed by atoms with Crippen LogP contribution in [0.1, 0.15) is 19.5 Å². The average molecular weight is 335 g/mol. The van der Waals surface area contributed by atoms with E-state index >= 15 is 0 Å². The van der Waals surface area contributed by atoms with E-state index in [1.807, 2.05) is 50.2 Å². The first kappa shape index (κ1) is 17.5. The lowest BCUT2D eigenvalue weighted by Gasteiger charge is -2.29. The van der Waals surface area contributed by atoms with Gasteiger partial charge in [0, 0.05) is 32.0 Å². The van der Waals surface area contributed by atoms with E-state index in [2.05, 4.69) is 28.1 Å². The third-order valence-corrected chi connectivity index (χ3v) is 4.31. The fourth-order valence-electron chi connectivity index (χ4n) is 2.76. The van der Waals surface area contributed by atoms with E-state index in [4.69, 9.17) is 9.31 Å². The number of nitriles is 1. The van der Waals surface area contributed by atoms with E-state index in [-0.39, 0.29) is 0 Å². The molecule has 0 radical (unpaired) electrons. The molecule has 0 atom stereocenters. The smallest absolute Gasteiger partial charge is 0.404 e. The van der Waals surface area contributed by atoms with E-state index in [0.717, 1.165) is 18.8 Å². The molecule has 1 fully saturated rings. The van der Waals surface area contributed by atoms with Crippen molar-refractivity contribution in [2.24, 2.45) is 0 Å². The van der Waals surface area contributed by atoms with E-state index in [1.165, 1.54) is 5.69 Å². The molecule has 6 heteroatoms. The van der Waals surface area contributed by atoms with Gasteiger partial charge in [0.15, 0.2) is 0 Å². The summed E-state index contributed by atoms with van der Waals surface area (Å²) in [5.41, 5.74) is 1.98. The zero-order valence-corrected chi connectivity index (χ0v) is 14.7. The maximum Gasteiger partial charge on any atom is 0.513 e. The lowest BCUT2D eigenvalue weighted by Crippen LogP contribution is -2.46. The van der Waals surface area contributed by atoms with Gasteiger partial charge in [0.2, 0.25) is 0 Å². The Labute approximate surface area is 149 Å². The Morgan fingerprint density at radius 1 is 1.04 bits per heavy atom. The molecule has 0 N–H and O–H groups in total. The zero-order chi connectivity index (χ0) is 17.7. The molecule has 0 amide bonds. The van der Waals surface area contributed by atoms with Crippen molar-refractivity contribution in [2.75, 3.05) is 31.2 Å². The number of para-hydroxylation sites is 1. The molecule has 5 nitrogen and oxygen atoms in total. The highest BCUT2D eigenvalue weighted by atomic mass is 16.6. The van der Waals surface area contributed by atoms with Gasteiger partial charge < -0.3 is 14.2 Å². The first-order valence-corrected chi connectivity index (χ1v) is 8.52. The Balaban J connectivity index is 1.69. The summed E-state index contributed by atoms with van der Waals surface area (Å²) in [6, 6.07) is 18.2. The molecular weight excluding hydrogens is 313 g/mol. The summed E-state index contributed by atoms with van der Waals surface area (Å²) in [7, 11) is -0.493. The van der Waals surface area contributed by atoms with Crippen LogP contribution < -0.4 is 10.5 Å². The van der Waals surface area contributed by atoms with Gasteiger partial charge in [-0.3, -0.25) is 4.98 Å². The predicted molar refractivity (Wildman–Crippen MR) is 98.8 cm³/mol. The van der Waals surface area contributed by atoms with Gasteiger partial charge in [-0.05, 0) is 38.1 Å². The van der Waals surface area contributed by atoms with Crippen molar-refractivity contribution < 1.29 is 9.31 Å². The van der Waals surface area contributed by atoms with Crippen molar-refractivity contribution in [3.05, 3.63) is 54.2 Å². The minimum Gasteiger partial charge on any atom is -0.404 e. The van der Waals surface area contributed by atoms with Crippen molar-refractivity contribution in [3.63, 3.8) is 0 Å². The van der Waals surface area contributed by atoms with E-state index < -0.39 is 12.5 Å². The monoisotopic (exact) mass is 335 g/mol. The standard InChI is InChI=1S/C19H22BN3O2/c1-19(2,15-21)17-9-6-10-18(22-17)20-24-13-11-23(12-14-25-20)16-7-4-3-5-8-16/h3-10H,11-14H2,1-2H3. The van der Waals surface area contributed by atoms with Crippen molar-refractivity contribution in [1.29, 1.82) is 5.26 Å². The quantitative estimate of drug-likeness (QED) is 0.805. The Morgan fingerprint density at radius 2 is 1.72 bits per heavy atom. The molecule has 0 spiro atoms. The molecule has 0 saturated carbocycles. The summed E-state index contributed by atoms with van der Waals surface area (Å²) >= 11 is 0. The number of pyridine rings is 1. The van der Waals surface area contributed by atoms with E-state index in [0.29, 0.717) is 18.8 Å². The first-order chi connectivity index (χ1) is 12.1. The van der Waals surface area contributed by atoms with Crippen LogP contribution in [0.5, 0.6) is 0 Å².